The summed E-state index contributed by atoms with van der Waals surface area (Å²) in [6, 6.07) is 15.7. The first kappa shape index (κ1) is 19.5. The summed E-state index contributed by atoms with van der Waals surface area (Å²) in [5, 5.41) is 0. The molecule has 138 valence electrons. The number of aldehydes is 1. The molecule has 26 heavy (non-hydrogen) atoms. The summed E-state index contributed by atoms with van der Waals surface area (Å²) in [6.45, 7) is 1.99. The van der Waals surface area contributed by atoms with Gasteiger partial charge < -0.3 is 20.2 Å². The van der Waals surface area contributed by atoms with Crippen molar-refractivity contribution in [1.82, 2.24) is 4.90 Å². The highest BCUT2D eigenvalue weighted by molar-refractivity contribution is 5.78. The van der Waals surface area contributed by atoms with Crippen molar-refractivity contribution < 1.29 is 9.53 Å². The number of benzene rings is 2. The van der Waals surface area contributed by atoms with Crippen LogP contribution in [-0.4, -0.2) is 38.4 Å². The molecule has 0 radical (unpaired) electrons. The second-order valence-corrected chi connectivity index (χ2v) is 6.39. The summed E-state index contributed by atoms with van der Waals surface area (Å²) in [6.07, 6.45) is 1.66. The first-order valence-corrected chi connectivity index (χ1v) is 8.70. The summed E-state index contributed by atoms with van der Waals surface area (Å²) in [5.74, 6) is 0.981. The predicted molar refractivity (Wildman–Crippen MR) is 106 cm³/mol. The van der Waals surface area contributed by atoms with E-state index in [0.717, 1.165) is 28.7 Å². The molecule has 2 aromatic rings. The Bertz CT molecular complexity index is 771. The van der Waals surface area contributed by atoms with Crippen molar-refractivity contribution in [3.05, 3.63) is 54.1 Å². The number of carbonyl (C=O) groups excluding carboxylic acids is 1. The molecule has 2 N–H and O–H groups in total. The third-order valence-corrected chi connectivity index (χ3v) is 4.41. The van der Waals surface area contributed by atoms with E-state index in [9.17, 15) is 4.79 Å². The quantitative estimate of drug-likeness (QED) is 0.470. The van der Waals surface area contributed by atoms with Crippen LogP contribution < -0.4 is 10.5 Å². The maximum Gasteiger partial charge on any atom is 0.191 e. The Morgan fingerprint density at radius 3 is 2.42 bits per heavy atom. The van der Waals surface area contributed by atoms with Crippen LogP contribution in [0.2, 0.25) is 0 Å². The second kappa shape index (κ2) is 9.04. The Morgan fingerprint density at radius 1 is 1.19 bits per heavy atom. The minimum absolute atomic E-state index is 0.228. The average Bonchev–Trinajstić information content (AvgIpc) is 2.68. The van der Waals surface area contributed by atoms with Crippen LogP contribution in [0.25, 0.3) is 11.1 Å². The topological polar surface area (TPSA) is 67.9 Å². The smallest absolute Gasteiger partial charge is 0.191 e. The molecule has 0 spiro atoms. The standard InChI is InChI=1S/C21H27N3O2/c1-5-15(14-25)20(23-21(22)24(2)3)18-10-6-8-16(12-18)17-9-7-11-19(13-17)26-4/h6-15,20H,5H2,1-4H3,(H2,22,23). The van der Waals surface area contributed by atoms with Crippen molar-refractivity contribution in [2.24, 2.45) is 16.6 Å². The molecule has 2 aromatic carbocycles. The number of carbonyl (C=O) groups is 1. The monoisotopic (exact) mass is 353 g/mol. The highest BCUT2D eigenvalue weighted by Crippen LogP contribution is 2.31. The molecule has 0 aliphatic rings. The zero-order valence-electron chi connectivity index (χ0n) is 15.8. The number of methoxy groups -OCH3 is 1. The third-order valence-electron chi connectivity index (χ3n) is 4.41. The number of ether oxygens (including phenoxy) is 1. The van der Waals surface area contributed by atoms with Crippen LogP contribution in [0.1, 0.15) is 24.9 Å². The lowest BCUT2D eigenvalue weighted by atomic mass is 9.90. The normalized spacial score (nSPS) is 13.8. The Hall–Kier alpha value is -2.82. The maximum atomic E-state index is 11.6. The van der Waals surface area contributed by atoms with Gasteiger partial charge in [0.2, 0.25) is 0 Å². The molecule has 2 unspecified atom stereocenters. The third kappa shape index (κ3) is 4.63. The van der Waals surface area contributed by atoms with Crippen molar-refractivity contribution in [1.29, 1.82) is 0 Å². The predicted octanol–water partition coefficient (Wildman–Crippen LogP) is 3.50. The van der Waals surface area contributed by atoms with Gasteiger partial charge in [-0.25, -0.2) is 4.99 Å². The van der Waals surface area contributed by atoms with E-state index in [1.54, 1.807) is 12.0 Å². The van der Waals surface area contributed by atoms with Crippen LogP contribution in [0.15, 0.2) is 53.5 Å². The van der Waals surface area contributed by atoms with Gasteiger partial charge in [0.15, 0.2) is 5.96 Å². The van der Waals surface area contributed by atoms with Crippen molar-refractivity contribution in [2.75, 3.05) is 21.2 Å². The zero-order valence-corrected chi connectivity index (χ0v) is 15.8. The zero-order chi connectivity index (χ0) is 19.1. The van der Waals surface area contributed by atoms with Gasteiger partial charge in [0.05, 0.1) is 13.2 Å². The van der Waals surface area contributed by atoms with Gasteiger partial charge in [-0.15, -0.1) is 0 Å². The van der Waals surface area contributed by atoms with Crippen molar-refractivity contribution in [3.63, 3.8) is 0 Å². The van der Waals surface area contributed by atoms with Crippen LogP contribution in [0.5, 0.6) is 5.75 Å². The minimum atomic E-state index is -0.314. The maximum absolute atomic E-state index is 11.6. The molecule has 0 aliphatic carbocycles. The van der Waals surface area contributed by atoms with E-state index in [1.807, 2.05) is 63.5 Å². The largest absolute Gasteiger partial charge is 0.497 e. The van der Waals surface area contributed by atoms with Gasteiger partial charge in [-0.3, -0.25) is 0 Å². The number of hydrogen-bond acceptors (Lipinski definition) is 3. The highest BCUT2D eigenvalue weighted by Gasteiger charge is 2.22. The first-order valence-electron chi connectivity index (χ1n) is 8.70. The molecular weight excluding hydrogens is 326 g/mol. The Labute approximate surface area is 155 Å². The fraction of sp³-hybridized carbons (Fsp3) is 0.333. The average molecular weight is 353 g/mol. The molecule has 0 saturated heterocycles. The van der Waals surface area contributed by atoms with Crippen molar-refractivity contribution in [2.45, 2.75) is 19.4 Å². The molecular formula is C21H27N3O2. The number of rotatable bonds is 7. The summed E-state index contributed by atoms with van der Waals surface area (Å²) in [5.41, 5.74) is 9.10. The lowest BCUT2D eigenvalue weighted by molar-refractivity contribution is -0.111. The first-order chi connectivity index (χ1) is 12.5. The van der Waals surface area contributed by atoms with Crippen LogP contribution in [0.3, 0.4) is 0 Å². The summed E-state index contributed by atoms with van der Waals surface area (Å²) in [7, 11) is 5.33. The molecule has 0 aliphatic heterocycles. The lowest BCUT2D eigenvalue weighted by Gasteiger charge is -2.22. The molecule has 0 aromatic heterocycles. The van der Waals surface area contributed by atoms with Crippen LogP contribution in [-0.2, 0) is 4.79 Å². The molecule has 0 heterocycles. The molecule has 0 saturated carbocycles. The number of hydrogen-bond donors (Lipinski definition) is 1. The van der Waals surface area contributed by atoms with Crippen LogP contribution in [0.4, 0.5) is 0 Å². The number of nitrogens with two attached hydrogens (primary N) is 1. The van der Waals surface area contributed by atoms with Gasteiger partial charge in [0, 0.05) is 20.0 Å². The Kier molecular flexibility index (Phi) is 6.78. The van der Waals surface area contributed by atoms with Gasteiger partial charge >= 0.3 is 0 Å². The number of aliphatic imine (C=N–C) groups is 1. The SMILES string of the molecule is CCC(C=O)C(N=C(N)N(C)C)c1cccc(-c2cccc(OC)c2)c1. The van der Waals surface area contributed by atoms with Gasteiger partial charge in [-0.2, -0.15) is 0 Å². The van der Waals surface area contributed by atoms with Gasteiger partial charge in [-0.05, 0) is 41.3 Å². The van der Waals surface area contributed by atoms with E-state index >= 15 is 0 Å². The van der Waals surface area contributed by atoms with E-state index < -0.39 is 0 Å². The van der Waals surface area contributed by atoms with Gasteiger partial charge in [0.1, 0.15) is 12.0 Å². The molecule has 2 atom stereocenters. The van der Waals surface area contributed by atoms with Crippen LogP contribution >= 0.6 is 0 Å². The minimum Gasteiger partial charge on any atom is -0.497 e. The van der Waals surface area contributed by atoms with Gasteiger partial charge in [0.25, 0.3) is 0 Å². The molecule has 2 rings (SSSR count). The Morgan fingerprint density at radius 2 is 1.85 bits per heavy atom. The lowest BCUT2D eigenvalue weighted by Crippen LogP contribution is -2.31. The van der Waals surface area contributed by atoms with Crippen molar-refractivity contribution in [3.8, 4) is 16.9 Å². The number of nitrogens with zero attached hydrogens (tertiary/aromatic N) is 2. The molecule has 0 amide bonds. The van der Waals surface area contributed by atoms with Gasteiger partial charge in [-0.1, -0.05) is 37.3 Å². The Balaban J connectivity index is 2.48. The second-order valence-electron chi connectivity index (χ2n) is 6.39. The van der Waals surface area contributed by atoms with E-state index in [-0.39, 0.29) is 12.0 Å². The highest BCUT2D eigenvalue weighted by atomic mass is 16.5. The molecule has 5 heteroatoms. The van der Waals surface area contributed by atoms with E-state index in [2.05, 4.69) is 11.1 Å². The summed E-state index contributed by atoms with van der Waals surface area (Å²) < 4.78 is 5.32. The van der Waals surface area contributed by atoms with Crippen molar-refractivity contribution >= 4 is 12.2 Å². The van der Waals surface area contributed by atoms with Crippen LogP contribution in [0, 0.1) is 5.92 Å². The summed E-state index contributed by atoms with van der Waals surface area (Å²) in [4.78, 5) is 18.0. The van der Waals surface area contributed by atoms with E-state index in [4.69, 9.17) is 10.5 Å². The van der Waals surface area contributed by atoms with E-state index in [0.29, 0.717) is 12.4 Å². The summed E-state index contributed by atoms with van der Waals surface area (Å²) >= 11 is 0. The fourth-order valence-corrected chi connectivity index (χ4v) is 2.77. The van der Waals surface area contributed by atoms with E-state index in [1.165, 1.54) is 0 Å². The molecule has 5 nitrogen and oxygen atoms in total. The molecule has 0 fully saturated rings. The molecule has 0 bridgehead atoms. The number of guanidine groups is 1. The fourth-order valence-electron chi connectivity index (χ4n) is 2.77.